The van der Waals surface area contributed by atoms with E-state index in [4.69, 9.17) is 0 Å². The van der Waals surface area contributed by atoms with Gasteiger partial charge in [0.25, 0.3) is 0 Å². The summed E-state index contributed by atoms with van der Waals surface area (Å²) in [6.45, 7) is 2.97. The molecular weight excluding hydrogens is 260 g/mol. The van der Waals surface area contributed by atoms with E-state index in [1.54, 1.807) is 0 Å². The molecule has 0 bridgehead atoms. The minimum Gasteiger partial charge on any atom is -0.326 e. The zero-order valence-corrected chi connectivity index (χ0v) is 12.2. The van der Waals surface area contributed by atoms with Crippen LogP contribution in [-0.2, 0) is 11.2 Å². The van der Waals surface area contributed by atoms with Crippen LogP contribution in [0.5, 0.6) is 0 Å². The molecule has 0 aliphatic carbocycles. The molecule has 2 aromatic rings. The first kappa shape index (κ1) is 13.8. The Morgan fingerprint density at radius 1 is 1.19 bits per heavy atom. The lowest BCUT2D eigenvalue weighted by Gasteiger charge is -2.26. The molecule has 0 saturated carbocycles. The van der Waals surface area contributed by atoms with Gasteiger partial charge in [-0.2, -0.15) is 0 Å². The molecule has 3 nitrogen and oxygen atoms in total. The molecule has 0 fully saturated rings. The van der Waals surface area contributed by atoms with Crippen LogP contribution in [0.4, 0.5) is 5.69 Å². The second-order valence-electron chi connectivity index (χ2n) is 5.57. The van der Waals surface area contributed by atoms with Gasteiger partial charge in [-0.15, -0.1) is 0 Å². The average Bonchev–Trinajstić information content (AvgIpc) is 2.50. The summed E-state index contributed by atoms with van der Waals surface area (Å²) in [6, 6.07) is 16.4. The molecule has 1 unspecified atom stereocenters. The van der Waals surface area contributed by atoms with Crippen molar-refractivity contribution in [2.24, 2.45) is 0 Å². The largest absolute Gasteiger partial charge is 0.326 e. The first-order valence-corrected chi connectivity index (χ1v) is 7.40. The van der Waals surface area contributed by atoms with Gasteiger partial charge in [-0.05, 0) is 43.1 Å². The molecule has 1 aliphatic rings. The van der Waals surface area contributed by atoms with Crippen LogP contribution in [0.15, 0.2) is 48.5 Å². The van der Waals surface area contributed by atoms with E-state index in [9.17, 15) is 4.79 Å². The number of carbonyl (C=O) groups excluding carboxylic acids is 1. The second-order valence-corrected chi connectivity index (χ2v) is 5.57. The number of hydrogen-bond donors (Lipinski definition) is 2. The predicted octanol–water partition coefficient (Wildman–Crippen LogP) is 3.21. The molecule has 3 heteroatoms. The smallest absolute Gasteiger partial charge is 0.226 e. The summed E-state index contributed by atoms with van der Waals surface area (Å²) in [6.07, 6.45) is 1.50. The Bertz CT molecular complexity index is 634. The zero-order chi connectivity index (χ0) is 14.7. The number of amides is 1. The van der Waals surface area contributed by atoms with Gasteiger partial charge in [-0.25, -0.2) is 0 Å². The van der Waals surface area contributed by atoms with Gasteiger partial charge in [0.1, 0.15) is 0 Å². The van der Waals surface area contributed by atoms with Gasteiger partial charge in [0.2, 0.25) is 5.91 Å². The highest BCUT2D eigenvalue weighted by Crippen LogP contribution is 2.25. The van der Waals surface area contributed by atoms with Crippen LogP contribution < -0.4 is 10.6 Å². The fourth-order valence-electron chi connectivity index (χ4n) is 2.81. The van der Waals surface area contributed by atoms with Gasteiger partial charge in [-0.3, -0.25) is 4.79 Å². The van der Waals surface area contributed by atoms with Crippen LogP contribution in [0, 0.1) is 6.92 Å². The van der Waals surface area contributed by atoms with E-state index in [0.29, 0.717) is 6.42 Å². The van der Waals surface area contributed by atoms with Crippen molar-refractivity contribution in [3.8, 4) is 0 Å². The molecule has 21 heavy (non-hydrogen) atoms. The third-order valence-electron chi connectivity index (χ3n) is 3.94. The molecule has 0 spiro atoms. The third kappa shape index (κ3) is 3.31. The van der Waals surface area contributed by atoms with Crippen molar-refractivity contribution in [3.63, 3.8) is 0 Å². The predicted molar refractivity (Wildman–Crippen MR) is 85.3 cm³/mol. The molecule has 0 saturated heterocycles. The number of aryl methyl sites for hydroxylation is 1. The Hall–Kier alpha value is -2.13. The van der Waals surface area contributed by atoms with Crippen molar-refractivity contribution in [3.05, 3.63) is 65.2 Å². The van der Waals surface area contributed by atoms with Crippen molar-refractivity contribution >= 4 is 11.6 Å². The van der Waals surface area contributed by atoms with Gasteiger partial charge in [0, 0.05) is 18.2 Å². The highest BCUT2D eigenvalue weighted by Gasteiger charge is 2.21. The number of carbonyl (C=O) groups is 1. The Kier molecular flexibility index (Phi) is 4.02. The average molecular weight is 280 g/mol. The molecular formula is C18H20N2O. The number of hydrogen-bond acceptors (Lipinski definition) is 2. The van der Waals surface area contributed by atoms with Crippen LogP contribution in [0.25, 0.3) is 0 Å². The lowest BCUT2D eigenvalue weighted by Crippen LogP contribution is -2.32. The molecule has 0 radical (unpaired) electrons. The minimum absolute atomic E-state index is 0.0491. The lowest BCUT2D eigenvalue weighted by molar-refractivity contribution is -0.116. The summed E-state index contributed by atoms with van der Waals surface area (Å²) in [4.78, 5) is 12.2. The molecule has 1 aliphatic heterocycles. The van der Waals surface area contributed by atoms with Gasteiger partial charge in [-0.1, -0.05) is 42.0 Å². The SMILES string of the molecule is Cc1ccc(NC(=O)CC2NCCc3ccccc32)cc1. The molecule has 1 amide bonds. The Labute approximate surface area is 125 Å². The molecule has 108 valence electrons. The fourth-order valence-corrected chi connectivity index (χ4v) is 2.81. The highest BCUT2D eigenvalue weighted by atomic mass is 16.1. The van der Waals surface area contributed by atoms with Crippen molar-refractivity contribution in [2.45, 2.75) is 25.8 Å². The van der Waals surface area contributed by atoms with Crippen molar-refractivity contribution in [1.82, 2.24) is 5.32 Å². The fraction of sp³-hybridized carbons (Fsp3) is 0.278. The maximum atomic E-state index is 12.2. The number of anilines is 1. The summed E-state index contributed by atoms with van der Waals surface area (Å²) in [7, 11) is 0. The van der Waals surface area contributed by atoms with E-state index >= 15 is 0 Å². The second kappa shape index (κ2) is 6.10. The van der Waals surface area contributed by atoms with Crippen LogP contribution in [0.3, 0.4) is 0 Å². The first-order valence-electron chi connectivity index (χ1n) is 7.40. The number of nitrogens with one attached hydrogen (secondary N) is 2. The quantitative estimate of drug-likeness (QED) is 0.906. The van der Waals surface area contributed by atoms with Gasteiger partial charge in [0.05, 0.1) is 0 Å². The van der Waals surface area contributed by atoms with Gasteiger partial charge < -0.3 is 10.6 Å². The van der Waals surface area contributed by atoms with Crippen molar-refractivity contribution < 1.29 is 4.79 Å². The standard InChI is InChI=1S/C18H20N2O/c1-13-6-8-15(9-7-13)20-18(21)12-17-16-5-3-2-4-14(16)10-11-19-17/h2-9,17,19H,10-12H2,1H3,(H,20,21). The monoisotopic (exact) mass is 280 g/mol. The van der Waals surface area contributed by atoms with Gasteiger partial charge in [0.15, 0.2) is 0 Å². The topological polar surface area (TPSA) is 41.1 Å². The lowest BCUT2D eigenvalue weighted by atomic mass is 9.92. The highest BCUT2D eigenvalue weighted by molar-refractivity contribution is 5.91. The maximum Gasteiger partial charge on any atom is 0.226 e. The van der Waals surface area contributed by atoms with E-state index in [2.05, 4.69) is 28.8 Å². The van der Waals surface area contributed by atoms with E-state index < -0.39 is 0 Å². The summed E-state index contributed by atoms with van der Waals surface area (Å²) < 4.78 is 0. The Morgan fingerprint density at radius 3 is 2.76 bits per heavy atom. The van der Waals surface area contributed by atoms with E-state index in [1.807, 2.05) is 37.3 Å². The van der Waals surface area contributed by atoms with Crippen molar-refractivity contribution in [2.75, 3.05) is 11.9 Å². The molecule has 1 atom stereocenters. The first-order chi connectivity index (χ1) is 10.2. The Morgan fingerprint density at radius 2 is 1.95 bits per heavy atom. The Balaban J connectivity index is 1.67. The summed E-state index contributed by atoms with van der Waals surface area (Å²) in [5.74, 6) is 0.0491. The maximum absolute atomic E-state index is 12.2. The van der Waals surface area contributed by atoms with Crippen LogP contribution >= 0.6 is 0 Å². The molecule has 2 aromatic carbocycles. The number of rotatable bonds is 3. The molecule has 1 heterocycles. The van der Waals surface area contributed by atoms with Crippen LogP contribution in [0.2, 0.25) is 0 Å². The van der Waals surface area contributed by atoms with E-state index in [1.165, 1.54) is 16.7 Å². The molecule has 0 aromatic heterocycles. The summed E-state index contributed by atoms with van der Waals surface area (Å²) in [5, 5.41) is 6.41. The number of benzene rings is 2. The van der Waals surface area contributed by atoms with Crippen LogP contribution in [-0.4, -0.2) is 12.5 Å². The van der Waals surface area contributed by atoms with Gasteiger partial charge >= 0.3 is 0 Å². The normalized spacial score (nSPS) is 17.1. The summed E-state index contributed by atoms with van der Waals surface area (Å²) in [5.41, 5.74) is 4.65. The van der Waals surface area contributed by atoms with Crippen LogP contribution in [0.1, 0.15) is 29.2 Å². The number of fused-ring (bicyclic) bond motifs is 1. The third-order valence-corrected chi connectivity index (χ3v) is 3.94. The molecule has 3 rings (SSSR count). The van der Waals surface area contributed by atoms with E-state index in [0.717, 1.165) is 18.7 Å². The minimum atomic E-state index is 0.0491. The van der Waals surface area contributed by atoms with Crippen molar-refractivity contribution in [1.29, 1.82) is 0 Å². The summed E-state index contributed by atoms with van der Waals surface area (Å²) >= 11 is 0. The zero-order valence-electron chi connectivity index (χ0n) is 12.2. The molecule has 2 N–H and O–H groups in total. The van der Waals surface area contributed by atoms with E-state index in [-0.39, 0.29) is 11.9 Å².